The maximum atomic E-state index is 12.4. The summed E-state index contributed by atoms with van der Waals surface area (Å²) in [5.41, 5.74) is 0. The molecule has 130 valence electrons. The van der Waals surface area contributed by atoms with Crippen LogP contribution >= 0.6 is 11.3 Å². The normalized spacial score (nSPS) is 22.7. The van der Waals surface area contributed by atoms with E-state index in [2.05, 4.69) is 31.3 Å². The summed E-state index contributed by atoms with van der Waals surface area (Å²) in [5.74, 6) is 1.27. The van der Waals surface area contributed by atoms with Gasteiger partial charge >= 0.3 is 0 Å². The van der Waals surface area contributed by atoms with Crippen molar-refractivity contribution in [2.24, 2.45) is 11.8 Å². The molecular formula is C19H31NO2S. The molecule has 0 bridgehead atoms. The van der Waals surface area contributed by atoms with Crippen LogP contribution in [-0.4, -0.2) is 19.6 Å². The predicted molar refractivity (Wildman–Crippen MR) is 96.8 cm³/mol. The number of hydrogen-bond donors (Lipinski definition) is 1. The second-order valence-corrected chi connectivity index (χ2v) is 8.10. The molecule has 1 saturated carbocycles. The van der Waals surface area contributed by atoms with Crippen LogP contribution in [0.5, 0.6) is 0 Å². The first-order valence-corrected chi connectivity index (χ1v) is 9.82. The summed E-state index contributed by atoms with van der Waals surface area (Å²) in [4.78, 5) is 14.9. The average Bonchev–Trinajstić information content (AvgIpc) is 3.00. The molecule has 3 nitrogen and oxygen atoms in total. The number of carbonyl (C=O) groups is 1. The quantitative estimate of drug-likeness (QED) is 0.736. The van der Waals surface area contributed by atoms with E-state index < -0.39 is 0 Å². The van der Waals surface area contributed by atoms with Crippen LogP contribution in [-0.2, 0) is 9.53 Å². The van der Waals surface area contributed by atoms with Gasteiger partial charge in [0.05, 0.1) is 0 Å². The highest BCUT2D eigenvalue weighted by Crippen LogP contribution is 2.32. The minimum atomic E-state index is -0.0291. The van der Waals surface area contributed by atoms with Crippen LogP contribution in [0.15, 0.2) is 12.1 Å². The van der Waals surface area contributed by atoms with Gasteiger partial charge in [-0.15, -0.1) is 11.3 Å². The summed E-state index contributed by atoms with van der Waals surface area (Å²) < 4.78 is 5.54. The summed E-state index contributed by atoms with van der Waals surface area (Å²) in [6.45, 7) is 4.92. The van der Waals surface area contributed by atoms with Crippen molar-refractivity contribution in [3.63, 3.8) is 0 Å². The Hall–Kier alpha value is -0.870. The zero-order valence-electron chi connectivity index (χ0n) is 14.8. The monoisotopic (exact) mass is 337 g/mol. The van der Waals surface area contributed by atoms with E-state index in [1.165, 1.54) is 41.9 Å². The van der Waals surface area contributed by atoms with Gasteiger partial charge in [0.2, 0.25) is 5.91 Å². The molecule has 1 heterocycles. The average molecular weight is 338 g/mol. The number of hydrogen-bond acceptors (Lipinski definition) is 3. The van der Waals surface area contributed by atoms with Crippen molar-refractivity contribution in [3.05, 3.63) is 21.9 Å². The smallest absolute Gasteiger partial charge is 0.223 e. The van der Waals surface area contributed by atoms with Crippen LogP contribution < -0.4 is 5.32 Å². The Morgan fingerprint density at radius 2 is 2.09 bits per heavy atom. The summed E-state index contributed by atoms with van der Waals surface area (Å²) in [6, 6.07) is 4.20. The first-order chi connectivity index (χ1) is 11.1. The fraction of sp³-hybridized carbons (Fsp3) is 0.737. The summed E-state index contributed by atoms with van der Waals surface area (Å²) in [6.07, 6.45) is 8.46. The largest absolute Gasteiger partial charge is 0.374 e. The Bertz CT molecular complexity index is 477. The molecule has 1 unspecified atom stereocenters. The minimum absolute atomic E-state index is 0.0291. The zero-order valence-corrected chi connectivity index (χ0v) is 15.6. The molecule has 1 aliphatic carbocycles. The Kier molecular flexibility index (Phi) is 7.57. The van der Waals surface area contributed by atoms with Gasteiger partial charge < -0.3 is 10.1 Å². The number of methoxy groups -OCH3 is 1. The summed E-state index contributed by atoms with van der Waals surface area (Å²) in [7, 11) is 1.71. The lowest BCUT2D eigenvalue weighted by Crippen LogP contribution is -2.35. The fourth-order valence-electron chi connectivity index (χ4n) is 3.47. The van der Waals surface area contributed by atoms with E-state index in [0.717, 1.165) is 18.8 Å². The van der Waals surface area contributed by atoms with Crippen molar-refractivity contribution in [1.82, 2.24) is 5.32 Å². The van der Waals surface area contributed by atoms with E-state index in [-0.39, 0.29) is 17.9 Å². The molecule has 4 heteroatoms. The summed E-state index contributed by atoms with van der Waals surface area (Å²) >= 11 is 1.74. The maximum Gasteiger partial charge on any atom is 0.223 e. The van der Waals surface area contributed by atoms with E-state index in [1.54, 1.807) is 18.4 Å². The molecule has 1 amide bonds. The number of thiophene rings is 1. The first-order valence-electron chi connectivity index (χ1n) is 9.00. The van der Waals surface area contributed by atoms with Crippen LogP contribution in [0.2, 0.25) is 0 Å². The lowest BCUT2D eigenvalue weighted by Gasteiger charge is -2.28. The predicted octanol–water partition coefficient (Wildman–Crippen LogP) is 4.86. The van der Waals surface area contributed by atoms with Gasteiger partial charge in [0.1, 0.15) is 6.10 Å². The van der Waals surface area contributed by atoms with Gasteiger partial charge in [-0.25, -0.2) is 0 Å². The van der Waals surface area contributed by atoms with Crippen LogP contribution in [0.4, 0.5) is 0 Å². The molecule has 23 heavy (non-hydrogen) atoms. The number of carbonyl (C=O) groups excluding carboxylic acids is 1. The van der Waals surface area contributed by atoms with Gasteiger partial charge in [-0.3, -0.25) is 4.79 Å². The Balaban J connectivity index is 1.74. The third-order valence-electron chi connectivity index (χ3n) is 5.01. The van der Waals surface area contributed by atoms with Crippen molar-refractivity contribution >= 4 is 17.2 Å². The third kappa shape index (κ3) is 5.61. The van der Waals surface area contributed by atoms with Crippen LogP contribution in [0.25, 0.3) is 0 Å². The highest BCUT2D eigenvalue weighted by Gasteiger charge is 2.26. The van der Waals surface area contributed by atoms with E-state index in [1.807, 2.05) is 0 Å². The molecule has 1 fully saturated rings. The van der Waals surface area contributed by atoms with Crippen molar-refractivity contribution in [1.29, 1.82) is 0 Å². The maximum absolute atomic E-state index is 12.4. The lowest BCUT2D eigenvalue weighted by atomic mass is 9.79. The molecule has 0 saturated heterocycles. The van der Waals surface area contributed by atoms with E-state index in [0.29, 0.717) is 6.54 Å². The number of aryl methyl sites for hydroxylation is 1. The second-order valence-electron chi connectivity index (χ2n) is 6.78. The summed E-state index contributed by atoms with van der Waals surface area (Å²) in [5, 5.41) is 3.11. The molecule has 1 atom stereocenters. The van der Waals surface area contributed by atoms with E-state index in [9.17, 15) is 4.79 Å². The SMILES string of the molecule is CCCCC1CCC(C(=O)NCC(OC)c2ccc(C)s2)CC1. The molecule has 0 radical (unpaired) electrons. The topological polar surface area (TPSA) is 38.3 Å². The Morgan fingerprint density at radius 1 is 1.35 bits per heavy atom. The second kappa shape index (κ2) is 9.43. The molecule has 1 aromatic heterocycles. The Morgan fingerprint density at radius 3 is 2.65 bits per heavy atom. The van der Waals surface area contributed by atoms with Crippen LogP contribution in [0.3, 0.4) is 0 Å². The van der Waals surface area contributed by atoms with Gasteiger partial charge in [0, 0.05) is 29.3 Å². The molecule has 1 N–H and O–H groups in total. The Labute approximate surface area is 144 Å². The van der Waals surface area contributed by atoms with Gasteiger partial charge in [-0.2, -0.15) is 0 Å². The highest BCUT2D eigenvalue weighted by atomic mass is 32.1. The van der Waals surface area contributed by atoms with Gasteiger partial charge in [-0.1, -0.05) is 26.2 Å². The van der Waals surface area contributed by atoms with Crippen molar-refractivity contribution < 1.29 is 9.53 Å². The van der Waals surface area contributed by atoms with Gasteiger partial charge in [0.25, 0.3) is 0 Å². The molecule has 2 rings (SSSR count). The minimum Gasteiger partial charge on any atom is -0.374 e. The van der Waals surface area contributed by atoms with Gasteiger partial charge in [0.15, 0.2) is 0 Å². The number of ether oxygens (including phenoxy) is 1. The number of nitrogens with one attached hydrogen (secondary N) is 1. The van der Waals surface area contributed by atoms with Gasteiger partial charge in [-0.05, 0) is 50.7 Å². The number of amides is 1. The first kappa shape index (κ1) is 18.5. The lowest BCUT2D eigenvalue weighted by molar-refractivity contribution is -0.126. The third-order valence-corrected chi connectivity index (χ3v) is 6.10. The molecule has 0 aliphatic heterocycles. The van der Waals surface area contributed by atoms with E-state index >= 15 is 0 Å². The van der Waals surface area contributed by atoms with Crippen molar-refractivity contribution in [2.75, 3.05) is 13.7 Å². The number of rotatable bonds is 8. The van der Waals surface area contributed by atoms with E-state index in [4.69, 9.17) is 4.74 Å². The highest BCUT2D eigenvalue weighted by molar-refractivity contribution is 7.12. The molecule has 1 aliphatic rings. The molecule has 1 aromatic rings. The molecule has 0 aromatic carbocycles. The van der Waals surface area contributed by atoms with Crippen LogP contribution in [0.1, 0.15) is 67.7 Å². The van der Waals surface area contributed by atoms with Crippen molar-refractivity contribution in [3.8, 4) is 0 Å². The van der Waals surface area contributed by atoms with Crippen LogP contribution in [0, 0.1) is 18.8 Å². The fourth-order valence-corrected chi connectivity index (χ4v) is 4.43. The molecular weight excluding hydrogens is 306 g/mol. The zero-order chi connectivity index (χ0) is 16.7. The number of unbranched alkanes of at least 4 members (excludes halogenated alkanes) is 1. The standard InChI is InChI=1S/C19H31NO2S/c1-4-5-6-15-8-10-16(11-9-15)19(21)20-13-17(22-3)18-12-7-14(2)23-18/h7,12,15-17H,4-6,8-11,13H2,1-3H3,(H,20,21). The molecule has 0 spiro atoms. The van der Waals surface area contributed by atoms with Crippen molar-refractivity contribution in [2.45, 2.75) is 64.9 Å².